The molecule has 1 aromatic rings. The molecular formula is C14H19F3N2O3. The largest absolute Gasteiger partial charge is 0.416 e. The van der Waals surface area contributed by atoms with Gasteiger partial charge in [0.25, 0.3) is 0 Å². The van der Waals surface area contributed by atoms with E-state index in [9.17, 15) is 28.2 Å². The molecule has 1 rings (SSSR count). The van der Waals surface area contributed by atoms with Crippen LogP contribution in [-0.2, 0) is 6.18 Å². The maximum absolute atomic E-state index is 12.6. The average molecular weight is 320 g/mol. The Bertz CT molecular complexity index is 516. The lowest BCUT2D eigenvalue weighted by Gasteiger charge is -2.30. The van der Waals surface area contributed by atoms with Crippen molar-refractivity contribution in [3.63, 3.8) is 0 Å². The highest BCUT2D eigenvalue weighted by molar-refractivity contribution is 5.89. The number of carbonyl (C=O) groups excluding carboxylic acids is 1. The van der Waals surface area contributed by atoms with Crippen molar-refractivity contribution >= 4 is 11.7 Å². The third kappa shape index (κ3) is 4.88. The van der Waals surface area contributed by atoms with Crippen molar-refractivity contribution in [3.05, 3.63) is 29.8 Å². The van der Waals surface area contributed by atoms with Gasteiger partial charge in [-0.15, -0.1) is 0 Å². The van der Waals surface area contributed by atoms with Crippen LogP contribution in [0.5, 0.6) is 0 Å². The summed E-state index contributed by atoms with van der Waals surface area (Å²) in [5.41, 5.74) is -1.73. The molecule has 0 aliphatic carbocycles. The Morgan fingerprint density at radius 3 is 2.36 bits per heavy atom. The van der Waals surface area contributed by atoms with Gasteiger partial charge in [-0.05, 0) is 18.2 Å². The smallest absolute Gasteiger partial charge is 0.396 e. The van der Waals surface area contributed by atoms with Gasteiger partial charge < -0.3 is 20.4 Å². The summed E-state index contributed by atoms with van der Waals surface area (Å²) in [5, 5.41) is 20.7. The molecule has 0 spiro atoms. The summed E-state index contributed by atoms with van der Waals surface area (Å²) in [6.45, 7) is 0.973. The summed E-state index contributed by atoms with van der Waals surface area (Å²) in [7, 11) is 1.42. The molecule has 124 valence electrons. The maximum Gasteiger partial charge on any atom is 0.416 e. The number of aliphatic hydroxyl groups excluding tert-OH is 2. The Balaban J connectivity index is 2.77. The van der Waals surface area contributed by atoms with Crippen LogP contribution in [-0.4, -0.2) is 48.0 Å². The third-order valence-corrected chi connectivity index (χ3v) is 3.17. The number of anilines is 1. The molecule has 22 heavy (non-hydrogen) atoms. The number of carbonyl (C=O) groups is 1. The molecule has 0 radical (unpaired) electrons. The summed E-state index contributed by atoms with van der Waals surface area (Å²) in [5.74, 6) is 0. The summed E-state index contributed by atoms with van der Waals surface area (Å²) in [6, 6.07) is 3.66. The van der Waals surface area contributed by atoms with Crippen LogP contribution in [0.25, 0.3) is 0 Å². The van der Waals surface area contributed by atoms with Crippen molar-refractivity contribution < 1.29 is 28.2 Å². The average Bonchev–Trinajstić information content (AvgIpc) is 2.46. The molecule has 0 aliphatic rings. The number of urea groups is 1. The van der Waals surface area contributed by atoms with Crippen molar-refractivity contribution in [2.75, 3.05) is 32.1 Å². The molecule has 0 aliphatic heterocycles. The molecule has 2 amide bonds. The van der Waals surface area contributed by atoms with E-state index < -0.39 is 23.2 Å². The van der Waals surface area contributed by atoms with Gasteiger partial charge in [0.2, 0.25) is 0 Å². The van der Waals surface area contributed by atoms with Gasteiger partial charge >= 0.3 is 12.2 Å². The minimum Gasteiger partial charge on any atom is -0.396 e. The maximum atomic E-state index is 12.6. The quantitative estimate of drug-likeness (QED) is 0.778. The fourth-order valence-electron chi connectivity index (χ4n) is 1.79. The summed E-state index contributed by atoms with van der Waals surface area (Å²) in [4.78, 5) is 13.1. The van der Waals surface area contributed by atoms with Crippen molar-refractivity contribution in [2.45, 2.75) is 13.1 Å². The Morgan fingerprint density at radius 2 is 1.86 bits per heavy atom. The molecule has 0 atom stereocenters. The Labute approximate surface area is 126 Å². The van der Waals surface area contributed by atoms with E-state index >= 15 is 0 Å². The van der Waals surface area contributed by atoms with Crippen LogP contribution in [0.3, 0.4) is 0 Å². The fraction of sp³-hybridized carbons (Fsp3) is 0.500. The number of rotatable bonds is 5. The lowest BCUT2D eigenvalue weighted by atomic mass is 9.92. The van der Waals surface area contributed by atoms with Crippen LogP contribution in [0.4, 0.5) is 23.7 Å². The normalized spacial score (nSPS) is 12.1. The van der Waals surface area contributed by atoms with Crippen molar-refractivity contribution in [1.29, 1.82) is 0 Å². The van der Waals surface area contributed by atoms with E-state index in [-0.39, 0.29) is 25.4 Å². The fourth-order valence-corrected chi connectivity index (χ4v) is 1.79. The second-order valence-corrected chi connectivity index (χ2v) is 5.49. The molecule has 0 saturated heterocycles. The molecule has 0 fully saturated rings. The molecule has 0 saturated carbocycles. The number of benzene rings is 1. The SMILES string of the molecule is CN(CC(C)(CO)CO)C(=O)Nc1cccc(C(F)(F)F)c1. The van der Waals surface area contributed by atoms with E-state index in [4.69, 9.17) is 0 Å². The molecule has 5 nitrogen and oxygen atoms in total. The van der Waals surface area contributed by atoms with Crippen molar-refractivity contribution in [3.8, 4) is 0 Å². The zero-order valence-electron chi connectivity index (χ0n) is 12.3. The highest BCUT2D eigenvalue weighted by Gasteiger charge is 2.31. The van der Waals surface area contributed by atoms with Gasteiger partial charge in [0.1, 0.15) is 0 Å². The number of nitrogens with zero attached hydrogens (tertiary/aromatic N) is 1. The predicted molar refractivity (Wildman–Crippen MR) is 75.4 cm³/mol. The van der Waals surface area contributed by atoms with Crippen LogP contribution in [0.15, 0.2) is 24.3 Å². The molecule has 1 aromatic carbocycles. The van der Waals surface area contributed by atoms with Crippen LogP contribution in [0, 0.1) is 5.41 Å². The Kier molecular flexibility index (Phi) is 5.78. The molecule has 8 heteroatoms. The van der Waals surface area contributed by atoms with E-state index in [0.29, 0.717) is 0 Å². The van der Waals surface area contributed by atoms with Crippen LogP contribution < -0.4 is 5.32 Å². The number of hydrogen-bond acceptors (Lipinski definition) is 3. The minimum atomic E-state index is -4.49. The molecular weight excluding hydrogens is 301 g/mol. The molecule has 3 N–H and O–H groups in total. The number of alkyl halides is 3. The first-order chi connectivity index (χ1) is 10.1. The van der Waals surface area contributed by atoms with E-state index in [1.165, 1.54) is 24.1 Å². The second-order valence-electron chi connectivity index (χ2n) is 5.49. The van der Waals surface area contributed by atoms with Gasteiger partial charge in [-0.1, -0.05) is 13.0 Å². The first-order valence-electron chi connectivity index (χ1n) is 6.52. The zero-order valence-corrected chi connectivity index (χ0v) is 12.3. The topological polar surface area (TPSA) is 72.8 Å². The van der Waals surface area contributed by atoms with E-state index in [2.05, 4.69) is 5.32 Å². The van der Waals surface area contributed by atoms with Gasteiger partial charge in [0.15, 0.2) is 0 Å². The van der Waals surface area contributed by atoms with E-state index in [0.717, 1.165) is 12.1 Å². The standard InChI is InChI=1S/C14H19F3N2O3/c1-13(8-20,9-21)7-19(2)12(22)18-11-5-3-4-10(6-11)14(15,16)17/h3-6,20-21H,7-9H2,1-2H3,(H,18,22). The summed E-state index contributed by atoms with van der Waals surface area (Å²) < 4.78 is 37.8. The minimum absolute atomic E-state index is 0.0152. The number of nitrogens with one attached hydrogen (secondary N) is 1. The van der Waals surface area contributed by atoms with E-state index in [1.807, 2.05) is 0 Å². The molecule has 0 aromatic heterocycles. The highest BCUT2D eigenvalue weighted by atomic mass is 19.4. The Hall–Kier alpha value is -1.80. The summed E-state index contributed by atoms with van der Waals surface area (Å²) >= 11 is 0. The third-order valence-electron chi connectivity index (χ3n) is 3.17. The lowest BCUT2D eigenvalue weighted by Crippen LogP contribution is -2.43. The van der Waals surface area contributed by atoms with Crippen molar-refractivity contribution in [2.24, 2.45) is 5.41 Å². The van der Waals surface area contributed by atoms with Gasteiger partial charge in [0.05, 0.1) is 18.8 Å². The summed E-state index contributed by atoms with van der Waals surface area (Å²) in [6.07, 6.45) is -4.49. The van der Waals surface area contributed by atoms with Gasteiger partial charge in [-0.3, -0.25) is 0 Å². The number of halogens is 3. The van der Waals surface area contributed by atoms with Crippen LogP contribution in [0.2, 0.25) is 0 Å². The number of aliphatic hydroxyl groups is 2. The van der Waals surface area contributed by atoms with Gasteiger partial charge in [0, 0.05) is 24.7 Å². The van der Waals surface area contributed by atoms with E-state index in [1.54, 1.807) is 6.92 Å². The molecule has 0 unspecified atom stereocenters. The van der Waals surface area contributed by atoms with Gasteiger partial charge in [-0.2, -0.15) is 13.2 Å². The number of hydrogen-bond donors (Lipinski definition) is 3. The first-order valence-corrected chi connectivity index (χ1v) is 6.52. The predicted octanol–water partition coefficient (Wildman–Crippen LogP) is 2.16. The Morgan fingerprint density at radius 1 is 1.27 bits per heavy atom. The monoisotopic (exact) mass is 320 g/mol. The zero-order chi connectivity index (χ0) is 17.0. The highest BCUT2D eigenvalue weighted by Crippen LogP contribution is 2.30. The number of amides is 2. The molecule has 0 bridgehead atoms. The van der Waals surface area contributed by atoms with Crippen LogP contribution in [0.1, 0.15) is 12.5 Å². The molecule has 0 heterocycles. The lowest BCUT2D eigenvalue weighted by molar-refractivity contribution is -0.137. The first kappa shape index (κ1) is 18.2. The van der Waals surface area contributed by atoms with Crippen molar-refractivity contribution in [1.82, 2.24) is 4.90 Å². The second kappa shape index (κ2) is 6.97. The van der Waals surface area contributed by atoms with Gasteiger partial charge in [-0.25, -0.2) is 4.79 Å². The van der Waals surface area contributed by atoms with Crippen LogP contribution >= 0.6 is 0 Å².